The van der Waals surface area contributed by atoms with Gasteiger partial charge in [-0.05, 0) is 31.5 Å². The van der Waals surface area contributed by atoms with Crippen molar-refractivity contribution < 1.29 is 13.5 Å². The molecule has 0 saturated heterocycles. The van der Waals surface area contributed by atoms with Crippen molar-refractivity contribution in [1.29, 1.82) is 0 Å². The van der Waals surface area contributed by atoms with Crippen molar-refractivity contribution >= 4 is 21.6 Å². The summed E-state index contributed by atoms with van der Waals surface area (Å²) in [5.41, 5.74) is 0.613. The van der Waals surface area contributed by atoms with Gasteiger partial charge in [0, 0.05) is 11.6 Å². The fourth-order valence-corrected chi connectivity index (χ4v) is 2.80. The number of hydrogen-bond donors (Lipinski definition) is 2. The molecule has 0 spiro atoms. The summed E-state index contributed by atoms with van der Waals surface area (Å²) < 4.78 is 26.0. The van der Waals surface area contributed by atoms with Crippen LogP contribution in [0.25, 0.3) is 0 Å². The Morgan fingerprint density at radius 1 is 1.50 bits per heavy atom. The Labute approximate surface area is 100 Å². The molecule has 0 aliphatic heterocycles. The fourth-order valence-electron chi connectivity index (χ4n) is 1.17. The molecular weight excluding hydrogens is 250 g/mol. The minimum absolute atomic E-state index is 0.0196. The molecule has 0 saturated carbocycles. The molecule has 0 fully saturated rings. The molecule has 0 aliphatic carbocycles. The van der Waals surface area contributed by atoms with Crippen LogP contribution in [0.2, 0.25) is 5.02 Å². The first-order valence-corrected chi connectivity index (χ1v) is 6.63. The van der Waals surface area contributed by atoms with Crippen LogP contribution in [-0.2, 0) is 10.0 Å². The van der Waals surface area contributed by atoms with Crippen molar-refractivity contribution in [1.82, 2.24) is 4.72 Å². The number of benzene rings is 1. The minimum Gasteiger partial charge on any atom is -0.392 e. The molecule has 4 nitrogen and oxygen atoms in total. The molecule has 1 unspecified atom stereocenters. The van der Waals surface area contributed by atoms with E-state index in [1.165, 1.54) is 13.0 Å². The molecule has 90 valence electrons. The lowest BCUT2D eigenvalue weighted by Gasteiger charge is -2.10. The summed E-state index contributed by atoms with van der Waals surface area (Å²) in [6, 6.07) is 4.66. The van der Waals surface area contributed by atoms with E-state index in [2.05, 4.69) is 4.72 Å². The first kappa shape index (κ1) is 13.4. The molecule has 0 radical (unpaired) electrons. The summed E-state index contributed by atoms with van der Waals surface area (Å²) in [4.78, 5) is 0.139. The van der Waals surface area contributed by atoms with Crippen molar-refractivity contribution in [2.24, 2.45) is 0 Å². The third kappa shape index (κ3) is 3.45. The van der Waals surface area contributed by atoms with E-state index in [9.17, 15) is 8.42 Å². The Bertz CT molecular complexity index is 471. The highest BCUT2D eigenvalue weighted by atomic mass is 35.5. The summed E-state index contributed by atoms with van der Waals surface area (Å²) >= 11 is 5.74. The summed E-state index contributed by atoms with van der Waals surface area (Å²) in [5, 5.41) is 9.40. The molecule has 0 bridgehead atoms. The van der Waals surface area contributed by atoms with Gasteiger partial charge < -0.3 is 5.11 Å². The largest absolute Gasteiger partial charge is 0.392 e. The van der Waals surface area contributed by atoms with Crippen molar-refractivity contribution in [2.45, 2.75) is 24.8 Å². The van der Waals surface area contributed by atoms with Gasteiger partial charge in [0.15, 0.2) is 0 Å². The van der Waals surface area contributed by atoms with Crippen molar-refractivity contribution in [3.63, 3.8) is 0 Å². The maximum Gasteiger partial charge on any atom is 0.240 e. The van der Waals surface area contributed by atoms with E-state index in [1.807, 2.05) is 0 Å². The number of aryl methyl sites for hydroxylation is 1. The maximum absolute atomic E-state index is 11.8. The lowest BCUT2D eigenvalue weighted by atomic mass is 10.2. The van der Waals surface area contributed by atoms with E-state index in [1.54, 1.807) is 19.1 Å². The fraction of sp³-hybridized carbons (Fsp3) is 0.400. The van der Waals surface area contributed by atoms with Crippen LogP contribution in [0.15, 0.2) is 23.1 Å². The van der Waals surface area contributed by atoms with E-state index >= 15 is 0 Å². The highest BCUT2D eigenvalue weighted by Crippen LogP contribution is 2.19. The molecule has 1 aromatic rings. The standard InChI is InChI=1S/C10H14ClNO3S/c1-7-3-4-9(11)5-10(7)16(14,15)12-6-8(2)13/h3-5,8,12-13H,6H2,1-2H3. The van der Waals surface area contributed by atoms with Gasteiger partial charge in [0.25, 0.3) is 0 Å². The van der Waals surface area contributed by atoms with Gasteiger partial charge in [0.1, 0.15) is 0 Å². The number of hydrogen-bond acceptors (Lipinski definition) is 3. The van der Waals surface area contributed by atoms with Crippen LogP contribution in [-0.4, -0.2) is 26.2 Å². The van der Waals surface area contributed by atoms with E-state index < -0.39 is 16.1 Å². The third-order valence-corrected chi connectivity index (χ3v) is 3.81. The first-order valence-electron chi connectivity index (χ1n) is 4.77. The second kappa shape index (κ2) is 5.14. The molecule has 2 N–H and O–H groups in total. The summed E-state index contributed by atoms with van der Waals surface area (Å²) in [7, 11) is -3.60. The highest BCUT2D eigenvalue weighted by molar-refractivity contribution is 7.89. The number of sulfonamides is 1. The zero-order valence-corrected chi connectivity index (χ0v) is 10.6. The second-order valence-electron chi connectivity index (χ2n) is 3.61. The predicted molar refractivity (Wildman–Crippen MR) is 63.1 cm³/mol. The molecule has 1 atom stereocenters. The SMILES string of the molecule is Cc1ccc(Cl)cc1S(=O)(=O)NCC(C)O. The second-order valence-corrected chi connectivity index (χ2v) is 5.78. The first-order chi connectivity index (χ1) is 7.33. The Morgan fingerprint density at radius 2 is 2.12 bits per heavy atom. The molecule has 1 aromatic carbocycles. The monoisotopic (exact) mass is 263 g/mol. The van der Waals surface area contributed by atoms with Gasteiger partial charge in [-0.1, -0.05) is 17.7 Å². The van der Waals surface area contributed by atoms with Crippen molar-refractivity contribution in [3.8, 4) is 0 Å². The van der Waals surface area contributed by atoms with E-state index in [4.69, 9.17) is 16.7 Å². The van der Waals surface area contributed by atoms with E-state index in [0.29, 0.717) is 10.6 Å². The smallest absolute Gasteiger partial charge is 0.240 e. The van der Waals surface area contributed by atoms with E-state index in [0.717, 1.165) is 0 Å². The normalized spacial score (nSPS) is 13.8. The Hall–Kier alpha value is -0.620. The van der Waals surface area contributed by atoms with Crippen LogP contribution in [0.4, 0.5) is 0 Å². The van der Waals surface area contributed by atoms with Crippen molar-refractivity contribution in [3.05, 3.63) is 28.8 Å². The number of rotatable bonds is 4. The molecular formula is C10H14ClNO3S. The van der Waals surface area contributed by atoms with Crippen molar-refractivity contribution in [2.75, 3.05) is 6.54 Å². The van der Waals surface area contributed by atoms with Gasteiger partial charge in [0.2, 0.25) is 10.0 Å². The van der Waals surface area contributed by atoms with Gasteiger partial charge in [-0.25, -0.2) is 13.1 Å². The molecule has 0 heterocycles. The van der Waals surface area contributed by atoms with Gasteiger partial charge >= 0.3 is 0 Å². The molecule has 0 aromatic heterocycles. The van der Waals surface area contributed by atoms with Crippen LogP contribution in [0.3, 0.4) is 0 Å². The Morgan fingerprint density at radius 3 is 2.69 bits per heavy atom. The van der Waals surface area contributed by atoms with Crippen LogP contribution in [0.1, 0.15) is 12.5 Å². The van der Waals surface area contributed by atoms with Crippen LogP contribution in [0.5, 0.6) is 0 Å². The number of aliphatic hydroxyl groups excluding tert-OH is 1. The number of nitrogens with one attached hydrogen (secondary N) is 1. The third-order valence-electron chi connectivity index (χ3n) is 2.01. The topological polar surface area (TPSA) is 66.4 Å². The average molecular weight is 264 g/mol. The molecule has 16 heavy (non-hydrogen) atoms. The van der Waals surface area contributed by atoms with Crippen LogP contribution < -0.4 is 4.72 Å². The number of aliphatic hydroxyl groups is 1. The summed E-state index contributed by atoms with van der Waals surface area (Å²) in [6.07, 6.45) is -0.728. The zero-order chi connectivity index (χ0) is 12.3. The highest BCUT2D eigenvalue weighted by Gasteiger charge is 2.17. The Kier molecular flexibility index (Phi) is 4.32. The predicted octanol–water partition coefficient (Wildman–Crippen LogP) is 1.31. The van der Waals surface area contributed by atoms with Crippen LogP contribution >= 0.6 is 11.6 Å². The molecule has 0 amide bonds. The molecule has 0 aliphatic rings. The summed E-state index contributed by atoms with van der Waals surface area (Å²) in [6.45, 7) is 3.18. The minimum atomic E-state index is -3.60. The maximum atomic E-state index is 11.8. The lowest BCUT2D eigenvalue weighted by molar-refractivity contribution is 0.198. The summed E-state index contributed by atoms with van der Waals surface area (Å²) in [5.74, 6) is 0. The van der Waals surface area contributed by atoms with Crippen LogP contribution in [0, 0.1) is 6.92 Å². The number of halogens is 1. The average Bonchev–Trinajstić information content (AvgIpc) is 2.19. The van der Waals surface area contributed by atoms with Gasteiger partial charge in [-0.3, -0.25) is 0 Å². The van der Waals surface area contributed by atoms with Gasteiger partial charge in [0.05, 0.1) is 11.0 Å². The Balaban J connectivity index is 3.02. The van der Waals surface area contributed by atoms with E-state index in [-0.39, 0.29) is 11.4 Å². The zero-order valence-electron chi connectivity index (χ0n) is 9.07. The molecule has 6 heteroatoms. The van der Waals surface area contributed by atoms with Gasteiger partial charge in [-0.2, -0.15) is 0 Å². The molecule has 1 rings (SSSR count). The van der Waals surface area contributed by atoms with Gasteiger partial charge in [-0.15, -0.1) is 0 Å². The quantitative estimate of drug-likeness (QED) is 0.861. The lowest BCUT2D eigenvalue weighted by Crippen LogP contribution is -2.31.